The first-order valence-electron chi connectivity index (χ1n) is 17.0. The monoisotopic (exact) mass is 661 g/mol. The van der Waals surface area contributed by atoms with Crippen LogP contribution >= 0.6 is 0 Å². The predicted octanol–water partition coefficient (Wildman–Crippen LogP) is 9.35. The molecule has 0 saturated carbocycles. The Morgan fingerprint density at radius 1 is 0.918 bits per heavy atom. The van der Waals surface area contributed by atoms with E-state index in [1.165, 1.54) is 0 Å². The fourth-order valence-electron chi connectivity index (χ4n) is 6.28. The van der Waals surface area contributed by atoms with Crippen molar-refractivity contribution in [2.75, 3.05) is 17.7 Å². The van der Waals surface area contributed by atoms with Crippen LogP contribution in [0, 0.1) is 13.8 Å². The van der Waals surface area contributed by atoms with Crippen LogP contribution in [0.25, 0.3) is 22.2 Å². The van der Waals surface area contributed by atoms with Crippen LogP contribution in [-0.4, -0.2) is 27.7 Å². The van der Waals surface area contributed by atoms with Gasteiger partial charge < -0.3 is 20.1 Å². The first-order valence-corrected chi connectivity index (χ1v) is 17.0. The number of ether oxygens (including phenoxy) is 2. The van der Waals surface area contributed by atoms with Crippen LogP contribution in [0.3, 0.4) is 0 Å². The molecule has 5 aromatic rings. The van der Waals surface area contributed by atoms with Gasteiger partial charge in [-0.05, 0) is 73.1 Å². The predicted molar refractivity (Wildman–Crippen MR) is 198 cm³/mol. The van der Waals surface area contributed by atoms with Gasteiger partial charge in [0, 0.05) is 46.7 Å². The summed E-state index contributed by atoms with van der Waals surface area (Å²) in [6.07, 6.45) is 5.15. The summed E-state index contributed by atoms with van der Waals surface area (Å²) >= 11 is 0. The van der Waals surface area contributed by atoms with Crippen LogP contribution < -0.4 is 25.7 Å². The minimum absolute atomic E-state index is 0.181. The van der Waals surface area contributed by atoms with Crippen LogP contribution in [0.4, 0.5) is 16.2 Å². The third kappa shape index (κ3) is 7.46. The number of pyridine rings is 3. The number of carbonyl (C=O) groups is 1. The van der Waals surface area contributed by atoms with Crippen molar-refractivity contribution >= 4 is 28.4 Å². The maximum atomic E-state index is 14.4. The van der Waals surface area contributed by atoms with E-state index < -0.39 is 6.03 Å². The fraction of sp³-hybridized carbons (Fsp3) is 0.350. The van der Waals surface area contributed by atoms with Gasteiger partial charge in [-0.25, -0.2) is 9.78 Å². The van der Waals surface area contributed by atoms with E-state index in [4.69, 9.17) is 9.47 Å². The van der Waals surface area contributed by atoms with E-state index in [0.29, 0.717) is 29.1 Å². The number of para-hydroxylation sites is 1. The summed E-state index contributed by atoms with van der Waals surface area (Å²) in [4.78, 5) is 37.5. The Kier molecular flexibility index (Phi) is 11.0. The van der Waals surface area contributed by atoms with Crippen molar-refractivity contribution in [3.63, 3.8) is 0 Å². The highest BCUT2D eigenvalue weighted by Crippen LogP contribution is 2.36. The minimum atomic E-state index is -0.485. The summed E-state index contributed by atoms with van der Waals surface area (Å²) in [6.45, 7) is 15.1. The fourth-order valence-corrected chi connectivity index (χ4v) is 6.28. The molecule has 0 aliphatic carbocycles. The average Bonchev–Trinajstić information content (AvgIpc) is 3.08. The molecule has 9 heteroatoms. The standard InChI is InChI=1S/C40H47N5O4/c1-9-10-20-45-38-32(18-13-19-41-38)34(28-14-11-15-29(21-28)49-23-33-27(7)37(48-8)26(6)22-42-33)36(39(45)46)44-40(47)43-35-30(24(2)3)16-12-17-31(35)25(4)5/h11-19,21-22,24-25H,9-10,20,23H2,1-8H3,(H2,43,44,47). The van der Waals surface area contributed by atoms with E-state index in [0.717, 1.165) is 57.6 Å². The number of rotatable bonds is 12. The number of nitrogens with one attached hydrogen (secondary N) is 2. The van der Waals surface area contributed by atoms with Crippen LogP contribution in [0.1, 0.15) is 87.2 Å². The zero-order chi connectivity index (χ0) is 35.2. The molecule has 0 spiro atoms. The summed E-state index contributed by atoms with van der Waals surface area (Å²) < 4.78 is 13.5. The molecular formula is C40H47N5O4. The van der Waals surface area contributed by atoms with Gasteiger partial charge in [0.1, 0.15) is 29.4 Å². The lowest BCUT2D eigenvalue weighted by Gasteiger charge is -2.22. The Balaban J connectivity index is 1.60. The zero-order valence-corrected chi connectivity index (χ0v) is 29.8. The SMILES string of the molecule is CCCCn1c(=O)c(NC(=O)Nc2c(C(C)C)cccc2C(C)C)c(-c2cccc(OCc3ncc(C)c(OC)c3C)c2)c2cccnc21. The summed E-state index contributed by atoms with van der Waals surface area (Å²) in [6, 6.07) is 16.9. The molecule has 0 aliphatic rings. The quantitative estimate of drug-likeness (QED) is 0.138. The Hall–Kier alpha value is -5.18. The number of urea groups is 1. The van der Waals surface area contributed by atoms with Crippen molar-refractivity contribution in [2.45, 2.75) is 86.3 Å². The molecule has 9 nitrogen and oxygen atoms in total. The number of hydrogen-bond acceptors (Lipinski definition) is 6. The van der Waals surface area contributed by atoms with Gasteiger partial charge in [0.15, 0.2) is 0 Å². The number of anilines is 2. The van der Waals surface area contributed by atoms with Crippen LogP contribution in [0.2, 0.25) is 0 Å². The maximum Gasteiger partial charge on any atom is 0.323 e. The van der Waals surface area contributed by atoms with Gasteiger partial charge in [-0.1, -0.05) is 71.4 Å². The second-order valence-corrected chi connectivity index (χ2v) is 13.0. The highest BCUT2D eigenvalue weighted by Gasteiger charge is 2.23. The van der Waals surface area contributed by atoms with Crippen molar-refractivity contribution in [1.82, 2.24) is 14.5 Å². The Bertz CT molecular complexity index is 2010. The topological polar surface area (TPSA) is 107 Å². The van der Waals surface area contributed by atoms with Gasteiger partial charge in [0.05, 0.1) is 12.8 Å². The van der Waals surface area contributed by atoms with E-state index in [1.54, 1.807) is 24.1 Å². The molecule has 256 valence electrons. The van der Waals surface area contributed by atoms with E-state index >= 15 is 0 Å². The van der Waals surface area contributed by atoms with Gasteiger partial charge in [-0.15, -0.1) is 0 Å². The number of benzene rings is 2. The average molecular weight is 662 g/mol. The molecule has 0 bridgehead atoms. The third-order valence-corrected chi connectivity index (χ3v) is 8.85. The largest absolute Gasteiger partial charge is 0.496 e. The number of fused-ring (bicyclic) bond motifs is 1. The second-order valence-electron chi connectivity index (χ2n) is 13.0. The Labute approximate surface area is 288 Å². The van der Waals surface area contributed by atoms with Gasteiger partial charge >= 0.3 is 6.03 Å². The van der Waals surface area contributed by atoms with Crippen molar-refractivity contribution in [3.8, 4) is 22.6 Å². The van der Waals surface area contributed by atoms with Crippen LogP contribution in [-0.2, 0) is 13.2 Å². The van der Waals surface area contributed by atoms with Crippen molar-refractivity contribution in [1.29, 1.82) is 0 Å². The number of nitrogens with zero attached hydrogens (tertiary/aromatic N) is 3. The number of unbranched alkanes of at least 4 members (excludes halogenated alkanes) is 1. The Morgan fingerprint density at radius 3 is 2.29 bits per heavy atom. The summed E-state index contributed by atoms with van der Waals surface area (Å²) in [5.41, 5.74) is 7.19. The normalized spacial score (nSPS) is 11.3. The lowest BCUT2D eigenvalue weighted by atomic mass is 9.93. The summed E-state index contributed by atoms with van der Waals surface area (Å²) in [7, 11) is 1.65. The van der Waals surface area contributed by atoms with Crippen LogP contribution in [0.15, 0.2) is 71.8 Å². The molecule has 3 aromatic heterocycles. The van der Waals surface area contributed by atoms with Gasteiger partial charge in [0.25, 0.3) is 5.56 Å². The number of carbonyl (C=O) groups excluding carboxylic acids is 1. The molecule has 0 radical (unpaired) electrons. The number of hydrogen-bond donors (Lipinski definition) is 2. The minimum Gasteiger partial charge on any atom is -0.496 e. The van der Waals surface area contributed by atoms with Gasteiger partial charge in [-0.2, -0.15) is 0 Å². The highest BCUT2D eigenvalue weighted by atomic mass is 16.5. The maximum absolute atomic E-state index is 14.4. The van der Waals surface area contributed by atoms with Crippen molar-refractivity contribution in [2.24, 2.45) is 0 Å². The van der Waals surface area contributed by atoms with E-state index in [1.807, 2.05) is 68.4 Å². The second kappa shape index (κ2) is 15.4. The number of aromatic nitrogens is 3. The smallest absolute Gasteiger partial charge is 0.323 e. The zero-order valence-electron chi connectivity index (χ0n) is 29.8. The summed E-state index contributed by atoms with van der Waals surface area (Å²) in [5, 5.41) is 6.86. The third-order valence-electron chi connectivity index (χ3n) is 8.85. The Morgan fingerprint density at radius 2 is 1.61 bits per heavy atom. The molecule has 49 heavy (non-hydrogen) atoms. The lowest BCUT2D eigenvalue weighted by Crippen LogP contribution is -2.30. The number of aryl methyl sites for hydroxylation is 2. The van der Waals surface area contributed by atoms with Crippen LogP contribution in [0.5, 0.6) is 11.5 Å². The van der Waals surface area contributed by atoms with E-state index in [9.17, 15) is 9.59 Å². The number of methoxy groups -OCH3 is 1. The first-order chi connectivity index (χ1) is 23.5. The molecule has 5 rings (SSSR count). The lowest BCUT2D eigenvalue weighted by molar-refractivity contribution is 0.262. The molecule has 0 fully saturated rings. The van der Waals surface area contributed by atoms with E-state index in [-0.39, 0.29) is 29.7 Å². The number of amides is 2. The molecule has 0 aliphatic heterocycles. The molecule has 3 heterocycles. The molecule has 0 unspecified atom stereocenters. The molecule has 2 N–H and O–H groups in total. The molecule has 0 saturated heterocycles. The molecular weight excluding hydrogens is 614 g/mol. The van der Waals surface area contributed by atoms with Gasteiger partial charge in [0.2, 0.25) is 0 Å². The van der Waals surface area contributed by atoms with Crippen molar-refractivity contribution < 1.29 is 14.3 Å². The van der Waals surface area contributed by atoms with E-state index in [2.05, 4.69) is 55.2 Å². The van der Waals surface area contributed by atoms with Gasteiger partial charge in [-0.3, -0.25) is 14.3 Å². The molecule has 2 aromatic carbocycles. The molecule has 0 atom stereocenters. The van der Waals surface area contributed by atoms with Crippen molar-refractivity contribution in [3.05, 3.63) is 105 Å². The first kappa shape index (κ1) is 35.1. The summed E-state index contributed by atoms with van der Waals surface area (Å²) in [5.74, 6) is 1.75. The highest BCUT2D eigenvalue weighted by molar-refractivity contribution is 6.07. The molecule has 2 amide bonds.